The van der Waals surface area contributed by atoms with Crippen molar-refractivity contribution >= 4 is 23.2 Å². The molecule has 2 N–H and O–H groups in total. The standard InChI is InChI=1S/C29H37N5O2/c1-21-10-7-8-15-27(21)28(29(36)32-24-11-5-4-6-12-24)34(19-18-33-17-16-30-22(33)2)26-14-9-13-25(20-26)31-23(3)35/h7-10,13-17,20,24,28H,4-6,11-12,18-19H2,1-3H3,(H,31,35)(H,32,36). The quantitative estimate of drug-likeness (QED) is 0.437. The molecule has 1 heterocycles. The predicted octanol–water partition coefficient (Wildman–Crippen LogP) is 5.16. The van der Waals surface area contributed by atoms with E-state index < -0.39 is 6.04 Å². The summed E-state index contributed by atoms with van der Waals surface area (Å²) in [6.07, 6.45) is 9.36. The summed E-state index contributed by atoms with van der Waals surface area (Å²) in [5.74, 6) is 0.822. The van der Waals surface area contributed by atoms with Gasteiger partial charge >= 0.3 is 0 Å². The van der Waals surface area contributed by atoms with Crippen LogP contribution in [0.15, 0.2) is 60.9 Å². The number of hydrogen-bond acceptors (Lipinski definition) is 4. The largest absolute Gasteiger partial charge is 0.354 e. The fourth-order valence-corrected chi connectivity index (χ4v) is 5.10. The summed E-state index contributed by atoms with van der Waals surface area (Å²) in [6, 6.07) is 15.5. The van der Waals surface area contributed by atoms with E-state index in [9.17, 15) is 9.59 Å². The summed E-state index contributed by atoms with van der Waals surface area (Å²) in [4.78, 5) is 32.3. The van der Waals surface area contributed by atoms with Crippen LogP contribution in [0.2, 0.25) is 0 Å². The van der Waals surface area contributed by atoms with Crippen molar-refractivity contribution in [2.45, 2.75) is 71.5 Å². The van der Waals surface area contributed by atoms with Crippen LogP contribution >= 0.6 is 0 Å². The van der Waals surface area contributed by atoms with Crippen LogP contribution in [0.1, 0.15) is 62.0 Å². The predicted molar refractivity (Wildman–Crippen MR) is 144 cm³/mol. The minimum absolute atomic E-state index is 0.0171. The van der Waals surface area contributed by atoms with Crippen molar-refractivity contribution in [1.82, 2.24) is 14.9 Å². The van der Waals surface area contributed by atoms with E-state index >= 15 is 0 Å². The van der Waals surface area contributed by atoms with E-state index in [0.29, 0.717) is 18.8 Å². The van der Waals surface area contributed by atoms with Crippen LogP contribution in [-0.2, 0) is 16.1 Å². The SMILES string of the molecule is CC(=O)Nc1cccc(N(CCn2ccnc2C)C(C(=O)NC2CCCCC2)c2ccccc2C)c1. The number of aryl methyl sites for hydroxylation is 2. The molecule has 0 spiro atoms. The lowest BCUT2D eigenvalue weighted by molar-refractivity contribution is -0.123. The van der Waals surface area contributed by atoms with Crippen molar-refractivity contribution in [3.05, 3.63) is 77.9 Å². The van der Waals surface area contributed by atoms with Gasteiger partial charge in [0.1, 0.15) is 11.9 Å². The molecule has 0 radical (unpaired) electrons. The smallest absolute Gasteiger partial charge is 0.247 e. The number of nitrogens with zero attached hydrogens (tertiary/aromatic N) is 3. The Hall–Kier alpha value is -3.61. The lowest BCUT2D eigenvalue weighted by Gasteiger charge is -2.36. The van der Waals surface area contributed by atoms with E-state index in [1.165, 1.54) is 13.3 Å². The third-order valence-electron chi connectivity index (χ3n) is 7.00. The van der Waals surface area contributed by atoms with E-state index in [1.54, 1.807) is 6.20 Å². The molecule has 1 saturated carbocycles. The highest BCUT2D eigenvalue weighted by Crippen LogP contribution is 2.32. The van der Waals surface area contributed by atoms with Gasteiger partial charge in [0.05, 0.1) is 0 Å². The molecule has 1 atom stereocenters. The summed E-state index contributed by atoms with van der Waals surface area (Å²) in [5.41, 5.74) is 3.65. The molecule has 1 unspecified atom stereocenters. The number of anilines is 2. The van der Waals surface area contributed by atoms with E-state index in [2.05, 4.69) is 38.1 Å². The van der Waals surface area contributed by atoms with Crippen molar-refractivity contribution in [3.8, 4) is 0 Å². The second kappa shape index (κ2) is 11.9. The number of nitrogens with one attached hydrogen (secondary N) is 2. The van der Waals surface area contributed by atoms with Gasteiger partial charge < -0.3 is 20.1 Å². The first-order chi connectivity index (χ1) is 17.4. The maximum atomic E-state index is 14.0. The molecule has 7 heteroatoms. The zero-order valence-electron chi connectivity index (χ0n) is 21.5. The van der Waals surface area contributed by atoms with Crippen LogP contribution in [0.5, 0.6) is 0 Å². The Balaban J connectivity index is 1.74. The van der Waals surface area contributed by atoms with Crippen LogP contribution < -0.4 is 15.5 Å². The number of carbonyl (C=O) groups excluding carboxylic acids is 2. The van der Waals surface area contributed by atoms with E-state index in [0.717, 1.165) is 48.3 Å². The van der Waals surface area contributed by atoms with Gasteiger partial charge in [0.2, 0.25) is 11.8 Å². The minimum atomic E-state index is -0.510. The topological polar surface area (TPSA) is 79.3 Å². The van der Waals surface area contributed by atoms with Gasteiger partial charge in [-0.15, -0.1) is 0 Å². The van der Waals surface area contributed by atoms with E-state index in [4.69, 9.17) is 0 Å². The zero-order chi connectivity index (χ0) is 25.5. The first-order valence-corrected chi connectivity index (χ1v) is 12.9. The Labute approximate surface area is 213 Å². The van der Waals surface area contributed by atoms with Gasteiger partial charge in [-0.2, -0.15) is 0 Å². The Morgan fingerprint density at radius 2 is 1.86 bits per heavy atom. The molecule has 4 rings (SSSR count). The van der Waals surface area contributed by atoms with E-state index in [-0.39, 0.29) is 17.9 Å². The molecule has 0 aliphatic heterocycles. The maximum absolute atomic E-state index is 14.0. The molecule has 1 aliphatic rings. The average molecular weight is 488 g/mol. The molecule has 2 aromatic carbocycles. The highest BCUT2D eigenvalue weighted by atomic mass is 16.2. The lowest BCUT2D eigenvalue weighted by Crippen LogP contribution is -2.46. The minimum Gasteiger partial charge on any atom is -0.354 e. The molecule has 36 heavy (non-hydrogen) atoms. The first-order valence-electron chi connectivity index (χ1n) is 12.9. The number of benzene rings is 2. The molecule has 0 saturated heterocycles. The molecular formula is C29H37N5O2. The molecule has 1 aromatic heterocycles. The molecule has 0 bridgehead atoms. The van der Waals surface area contributed by atoms with Gasteiger partial charge in [-0.1, -0.05) is 49.6 Å². The van der Waals surface area contributed by atoms with Crippen molar-refractivity contribution in [3.63, 3.8) is 0 Å². The number of aromatic nitrogens is 2. The Morgan fingerprint density at radius 3 is 2.56 bits per heavy atom. The fourth-order valence-electron chi connectivity index (χ4n) is 5.10. The monoisotopic (exact) mass is 487 g/mol. The van der Waals surface area contributed by atoms with Crippen LogP contribution in [0.3, 0.4) is 0 Å². The number of imidazole rings is 1. The van der Waals surface area contributed by atoms with Crippen molar-refractivity contribution in [2.24, 2.45) is 0 Å². The summed E-state index contributed by atoms with van der Waals surface area (Å²) < 4.78 is 2.10. The molecule has 1 fully saturated rings. The van der Waals surface area contributed by atoms with Gasteiger partial charge in [0, 0.05) is 49.8 Å². The molecule has 2 amide bonds. The summed E-state index contributed by atoms with van der Waals surface area (Å²) >= 11 is 0. The number of carbonyl (C=O) groups is 2. The van der Waals surface area contributed by atoms with Crippen LogP contribution in [0.25, 0.3) is 0 Å². The normalized spacial score (nSPS) is 14.8. The number of amides is 2. The van der Waals surface area contributed by atoms with Crippen LogP contribution in [-0.4, -0.2) is 34.0 Å². The van der Waals surface area contributed by atoms with Crippen molar-refractivity contribution in [1.29, 1.82) is 0 Å². The van der Waals surface area contributed by atoms with Gasteiger partial charge in [-0.3, -0.25) is 9.59 Å². The fraction of sp³-hybridized carbons (Fsp3) is 0.414. The molecule has 1 aliphatic carbocycles. The van der Waals surface area contributed by atoms with Gasteiger partial charge in [-0.05, 0) is 56.0 Å². The maximum Gasteiger partial charge on any atom is 0.247 e. The summed E-state index contributed by atoms with van der Waals surface area (Å²) in [6.45, 7) is 6.81. The second-order valence-electron chi connectivity index (χ2n) is 9.70. The second-order valence-corrected chi connectivity index (χ2v) is 9.70. The third kappa shape index (κ3) is 6.33. The van der Waals surface area contributed by atoms with Crippen LogP contribution in [0, 0.1) is 13.8 Å². The Kier molecular flexibility index (Phi) is 8.41. The molecule has 190 valence electrons. The van der Waals surface area contributed by atoms with E-state index in [1.807, 2.05) is 55.6 Å². The number of rotatable bonds is 9. The summed E-state index contributed by atoms with van der Waals surface area (Å²) in [5, 5.41) is 6.26. The Bertz CT molecular complexity index is 1180. The molecular weight excluding hydrogens is 450 g/mol. The highest BCUT2D eigenvalue weighted by molar-refractivity contribution is 5.90. The highest BCUT2D eigenvalue weighted by Gasteiger charge is 2.31. The Morgan fingerprint density at radius 1 is 1.08 bits per heavy atom. The average Bonchev–Trinajstić information content (AvgIpc) is 3.27. The molecule has 3 aromatic rings. The van der Waals surface area contributed by atoms with Crippen molar-refractivity contribution < 1.29 is 9.59 Å². The number of hydrogen-bond donors (Lipinski definition) is 2. The van der Waals surface area contributed by atoms with Crippen molar-refractivity contribution in [2.75, 3.05) is 16.8 Å². The van der Waals surface area contributed by atoms with Gasteiger partial charge in [0.15, 0.2) is 0 Å². The first kappa shape index (κ1) is 25.5. The molecule has 7 nitrogen and oxygen atoms in total. The summed E-state index contributed by atoms with van der Waals surface area (Å²) in [7, 11) is 0. The van der Waals surface area contributed by atoms with Crippen LogP contribution in [0.4, 0.5) is 11.4 Å². The lowest BCUT2D eigenvalue weighted by atomic mass is 9.93. The van der Waals surface area contributed by atoms with Gasteiger partial charge in [0.25, 0.3) is 0 Å². The third-order valence-corrected chi connectivity index (χ3v) is 7.00. The zero-order valence-corrected chi connectivity index (χ0v) is 21.5. The van der Waals surface area contributed by atoms with Gasteiger partial charge in [-0.25, -0.2) is 4.98 Å².